The molecule has 2 saturated heterocycles. The molecule has 0 spiro atoms. The van der Waals surface area contributed by atoms with Crippen LogP contribution in [0.15, 0.2) is 24.3 Å². The number of hydrogen-bond donors (Lipinski definition) is 0. The second-order valence-corrected chi connectivity index (χ2v) is 6.94. The zero-order chi connectivity index (χ0) is 14.5. The summed E-state index contributed by atoms with van der Waals surface area (Å²) in [5.74, 6) is 0. The fraction of sp³-hybridized carbons (Fsp3) is 0.684. The van der Waals surface area contributed by atoms with Gasteiger partial charge in [-0.15, -0.1) is 0 Å². The van der Waals surface area contributed by atoms with Crippen LogP contribution in [0.1, 0.15) is 49.7 Å². The van der Waals surface area contributed by atoms with Crippen molar-refractivity contribution >= 4 is 0 Å². The van der Waals surface area contributed by atoms with Crippen molar-refractivity contribution in [1.29, 1.82) is 0 Å². The highest BCUT2D eigenvalue weighted by atomic mass is 15.2. The summed E-state index contributed by atoms with van der Waals surface area (Å²) >= 11 is 0. The molecule has 1 aromatic carbocycles. The van der Waals surface area contributed by atoms with Crippen molar-refractivity contribution in [2.45, 2.75) is 58.0 Å². The highest BCUT2D eigenvalue weighted by Crippen LogP contribution is 2.21. The Balaban J connectivity index is 1.47. The molecule has 0 amide bonds. The Labute approximate surface area is 130 Å². The number of aryl methyl sites for hydroxylation is 1. The summed E-state index contributed by atoms with van der Waals surface area (Å²) in [4.78, 5) is 5.43. The average molecular weight is 286 g/mol. The zero-order valence-corrected chi connectivity index (χ0v) is 13.6. The fourth-order valence-electron chi connectivity index (χ4n) is 3.85. The first kappa shape index (κ1) is 15.1. The number of nitrogens with zero attached hydrogens (tertiary/aromatic N) is 2. The van der Waals surface area contributed by atoms with Crippen molar-refractivity contribution in [2.24, 2.45) is 0 Å². The Kier molecular flexibility index (Phi) is 5.32. The lowest BCUT2D eigenvalue weighted by atomic mass is 10.0. The van der Waals surface area contributed by atoms with Crippen LogP contribution >= 0.6 is 0 Å². The van der Waals surface area contributed by atoms with Gasteiger partial charge in [-0.1, -0.05) is 42.7 Å². The topological polar surface area (TPSA) is 6.48 Å². The van der Waals surface area contributed by atoms with Crippen LogP contribution in [0.2, 0.25) is 0 Å². The summed E-state index contributed by atoms with van der Waals surface area (Å²) in [6, 6.07) is 9.91. The molecule has 1 aromatic rings. The van der Waals surface area contributed by atoms with Gasteiger partial charge in [0.1, 0.15) is 0 Å². The van der Waals surface area contributed by atoms with E-state index >= 15 is 0 Å². The molecule has 2 heteroatoms. The summed E-state index contributed by atoms with van der Waals surface area (Å²) < 4.78 is 0. The van der Waals surface area contributed by atoms with Crippen molar-refractivity contribution < 1.29 is 0 Å². The lowest BCUT2D eigenvalue weighted by Gasteiger charge is -2.38. The van der Waals surface area contributed by atoms with Crippen LogP contribution in [0, 0.1) is 6.92 Å². The summed E-state index contributed by atoms with van der Waals surface area (Å²) in [5, 5.41) is 0. The average Bonchev–Trinajstić information content (AvgIpc) is 2.80. The molecule has 0 radical (unpaired) electrons. The molecule has 0 N–H and O–H groups in total. The first-order valence-electron chi connectivity index (χ1n) is 8.83. The molecule has 2 heterocycles. The van der Waals surface area contributed by atoms with E-state index in [-0.39, 0.29) is 0 Å². The third-order valence-electron chi connectivity index (χ3n) is 5.24. The SMILES string of the molecule is Cc1ccc(CN2CCC(N3CCCCCC3)CC2)cc1. The van der Waals surface area contributed by atoms with Crippen LogP contribution in [0.5, 0.6) is 0 Å². The van der Waals surface area contributed by atoms with Crippen LogP contribution in [0.4, 0.5) is 0 Å². The van der Waals surface area contributed by atoms with Crippen molar-refractivity contribution in [2.75, 3.05) is 26.2 Å². The van der Waals surface area contributed by atoms with Crippen molar-refractivity contribution in [1.82, 2.24) is 9.80 Å². The highest BCUT2D eigenvalue weighted by Gasteiger charge is 2.24. The van der Waals surface area contributed by atoms with Gasteiger partial charge in [0.2, 0.25) is 0 Å². The van der Waals surface area contributed by atoms with E-state index in [0.717, 1.165) is 12.6 Å². The minimum absolute atomic E-state index is 0.859. The Morgan fingerprint density at radius 3 is 2.10 bits per heavy atom. The maximum atomic E-state index is 2.79. The molecule has 0 atom stereocenters. The predicted molar refractivity (Wildman–Crippen MR) is 89.5 cm³/mol. The van der Waals surface area contributed by atoms with E-state index in [9.17, 15) is 0 Å². The number of piperidine rings is 1. The van der Waals surface area contributed by atoms with E-state index < -0.39 is 0 Å². The molecule has 116 valence electrons. The number of likely N-dealkylation sites (tertiary alicyclic amines) is 2. The largest absolute Gasteiger partial charge is 0.300 e. The molecule has 0 aromatic heterocycles. The minimum Gasteiger partial charge on any atom is -0.300 e. The Morgan fingerprint density at radius 2 is 1.48 bits per heavy atom. The summed E-state index contributed by atoms with van der Waals surface area (Å²) in [5.41, 5.74) is 2.83. The van der Waals surface area contributed by atoms with E-state index in [2.05, 4.69) is 41.0 Å². The zero-order valence-electron chi connectivity index (χ0n) is 13.6. The molecule has 21 heavy (non-hydrogen) atoms. The fourth-order valence-corrected chi connectivity index (χ4v) is 3.85. The quantitative estimate of drug-likeness (QED) is 0.833. The highest BCUT2D eigenvalue weighted by molar-refractivity contribution is 5.21. The summed E-state index contributed by atoms with van der Waals surface area (Å²) in [6.07, 6.45) is 8.47. The number of hydrogen-bond acceptors (Lipinski definition) is 2. The van der Waals surface area contributed by atoms with Crippen molar-refractivity contribution in [3.63, 3.8) is 0 Å². The van der Waals surface area contributed by atoms with Crippen molar-refractivity contribution in [3.8, 4) is 0 Å². The van der Waals surface area contributed by atoms with Gasteiger partial charge in [-0.2, -0.15) is 0 Å². The van der Waals surface area contributed by atoms with Crippen LogP contribution in [0.3, 0.4) is 0 Å². The molecule has 0 unspecified atom stereocenters. The third-order valence-corrected chi connectivity index (χ3v) is 5.24. The molecular weight excluding hydrogens is 256 g/mol. The van der Waals surface area contributed by atoms with Gasteiger partial charge in [-0.25, -0.2) is 0 Å². The molecule has 2 aliphatic rings. The molecule has 2 nitrogen and oxygen atoms in total. The first-order chi connectivity index (χ1) is 10.3. The van der Waals surface area contributed by atoms with Crippen LogP contribution < -0.4 is 0 Å². The predicted octanol–water partition coefficient (Wildman–Crippen LogP) is 3.84. The molecule has 3 rings (SSSR count). The molecular formula is C19H30N2. The molecule has 2 fully saturated rings. The monoisotopic (exact) mass is 286 g/mol. The molecule has 0 saturated carbocycles. The molecule has 2 aliphatic heterocycles. The smallest absolute Gasteiger partial charge is 0.0233 e. The Morgan fingerprint density at radius 1 is 0.857 bits per heavy atom. The summed E-state index contributed by atoms with van der Waals surface area (Å²) in [6.45, 7) is 8.54. The van der Waals surface area contributed by atoms with Gasteiger partial charge in [0.05, 0.1) is 0 Å². The molecule has 0 aliphatic carbocycles. The standard InChI is InChI=1S/C19H30N2/c1-17-6-8-18(9-7-17)16-20-14-10-19(11-15-20)21-12-4-2-3-5-13-21/h6-9,19H,2-5,10-16H2,1H3. The van der Waals surface area contributed by atoms with E-state index in [1.54, 1.807) is 0 Å². The lowest BCUT2D eigenvalue weighted by Crippen LogP contribution is -2.45. The molecule has 0 bridgehead atoms. The van der Waals surface area contributed by atoms with Crippen LogP contribution in [-0.4, -0.2) is 42.0 Å². The van der Waals surface area contributed by atoms with E-state index in [4.69, 9.17) is 0 Å². The minimum atomic E-state index is 0.859. The Bertz CT molecular complexity index is 410. The van der Waals surface area contributed by atoms with Gasteiger partial charge < -0.3 is 4.90 Å². The van der Waals surface area contributed by atoms with Gasteiger partial charge in [0.25, 0.3) is 0 Å². The van der Waals surface area contributed by atoms with Gasteiger partial charge in [-0.3, -0.25) is 4.90 Å². The van der Waals surface area contributed by atoms with Gasteiger partial charge >= 0.3 is 0 Å². The number of benzene rings is 1. The number of rotatable bonds is 3. The van der Waals surface area contributed by atoms with Gasteiger partial charge in [0, 0.05) is 12.6 Å². The lowest BCUT2D eigenvalue weighted by molar-refractivity contribution is 0.107. The van der Waals surface area contributed by atoms with Crippen LogP contribution in [0.25, 0.3) is 0 Å². The summed E-state index contributed by atoms with van der Waals surface area (Å²) in [7, 11) is 0. The van der Waals surface area contributed by atoms with Gasteiger partial charge in [-0.05, 0) is 64.3 Å². The van der Waals surface area contributed by atoms with Gasteiger partial charge in [0.15, 0.2) is 0 Å². The second kappa shape index (κ2) is 7.42. The third kappa shape index (κ3) is 4.31. The van der Waals surface area contributed by atoms with Crippen LogP contribution in [-0.2, 0) is 6.54 Å². The van der Waals surface area contributed by atoms with E-state index in [1.807, 2.05) is 0 Å². The van der Waals surface area contributed by atoms with E-state index in [1.165, 1.54) is 75.8 Å². The first-order valence-corrected chi connectivity index (χ1v) is 8.83. The maximum absolute atomic E-state index is 2.79. The maximum Gasteiger partial charge on any atom is 0.0233 e. The van der Waals surface area contributed by atoms with E-state index in [0.29, 0.717) is 0 Å². The second-order valence-electron chi connectivity index (χ2n) is 6.94. The normalized spacial score (nSPS) is 23.1. The Hall–Kier alpha value is -0.860. The van der Waals surface area contributed by atoms with Crippen molar-refractivity contribution in [3.05, 3.63) is 35.4 Å².